The number of carbonyl (C=O) groups excluding carboxylic acids is 3. The lowest BCUT2D eigenvalue weighted by molar-refractivity contribution is -0.130. The van der Waals surface area contributed by atoms with Gasteiger partial charge in [0.2, 0.25) is 21.8 Å². The lowest BCUT2D eigenvalue weighted by Crippen LogP contribution is -2.50. The van der Waals surface area contributed by atoms with Crippen molar-refractivity contribution in [1.82, 2.24) is 9.62 Å². The number of benzene rings is 2. The van der Waals surface area contributed by atoms with E-state index in [4.69, 9.17) is 4.74 Å². The number of nitrogens with zero attached hydrogens (tertiary/aromatic N) is 1. The van der Waals surface area contributed by atoms with Crippen molar-refractivity contribution >= 4 is 33.5 Å². The summed E-state index contributed by atoms with van der Waals surface area (Å²) in [6.45, 7) is 7.97. The molecule has 0 bridgehead atoms. The molecule has 10 heteroatoms. The van der Waals surface area contributed by atoms with E-state index in [0.29, 0.717) is 24.1 Å². The summed E-state index contributed by atoms with van der Waals surface area (Å²) in [6, 6.07) is 12.3. The summed E-state index contributed by atoms with van der Waals surface area (Å²) in [4.78, 5) is 38.3. The molecule has 1 saturated heterocycles. The Balaban J connectivity index is 1.60. The van der Waals surface area contributed by atoms with Gasteiger partial charge in [-0.1, -0.05) is 37.6 Å². The monoisotopic (exact) mass is 529 g/mol. The molecule has 0 aromatic heterocycles. The maximum Gasteiger partial charge on any atom is 0.338 e. The summed E-state index contributed by atoms with van der Waals surface area (Å²) in [5, 5.41) is 5.61. The predicted octanol–water partition coefficient (Wildman–Crippen LogP) is 3.35. The second-order valence-corrected chi connectivity index (χ2v) is 11.5. The molecule has 0 aliphatic carbocycles. The number of amides is 2. The first-order chi connectivity index (χ1) is 17.5. The van der Waals surface area contributed by atoms with Crippen molar-refractivity contribution in [1.29, 1.82) is 0 Å². The fourth-order valence-corrected chi connectivity index (χ4v) is 5.65. The summed E-state index contributed by atoms with van der Waals surface area (Å²) in [5.41, 5.74) is 1.71. The maximum atomic E-state index is 13.0. The Labute approximate surface area is 218 Å². The summed E-state index contributed by atoms with van der Waals surface area (Å²) in [6.07, 6.45) is 0.732. The first kappa shape index (κ1) is 28.3. The van der Waals surface area contributed by atoms with Crippen LogP contribution in [0.4, 0.5) is 5.69 Å². The molecule has 3 rings (SSSR count). The molecule has 0 spiro atoms. The van der Waals surface area contributed by atoms with E-state index >= 15 is 0 Å². The average molecular weight is 530 g/mol. The van der Waals surface area contributed by atoms with Gasteiger partial charge >= 0.3 is 5.97 Å². The van der Waals surface area contributed by atoms with Crippen molar-refractivity contribution < 1.29 is 27.5 Å². The van der Waals surface area contributed by atoms with Crippen LogP contribution in [-0.2, 0) is 24.3 Å². The number of hydrogen-bond donors (Lipinski definition) is 2. The molecule has 2 aromatic rings. The largest absolute Gasteiger partial charge is 0.462 e. The summed E-state index contributed by atoms with van der Waals surface area (Å²) >= 11 is 0. The molecule has 1 fully saturated rings. The number of hydrogen-bond acceptors (Lipinski definition) is 6. The van der Waals surface area contributed by atoms with Crippen LogP contribution in [0.2, 0.25) is 0 Å². The zero-order valence-corrected chi connectivity index (χ0v) is 22.5. The number of carbonyl (C=O) groups is 3. The zero-order valence-electron chi connectivity index (χ0n) is 21.7. The fraction of sp³-hybridized carbons (Fsp3) is 0.444. The molecule has 37 heavy (non-hydrogen) atoms. The smallest absolute Gasteiger partial charge is 0.338 e. The van der Waals surface area contributed by atoms with E-state index < -0.39 is 33.9 Å². The summed E-state index contributed by atoms with van der Waals surface area (Å²) in [7, 11) is -3.62. The van der Waals surface area contributed by atoms with E-state index in [1.54, 1.807) is 49.4 Å². The maximum absolute atomic E-state index is 13.0. The first-order valence-corrected chi connectivity index (χ1v) is 13.9. The van der Waals surface area contributed by atoms with Gasteiger partial charge < -0.3 is 15.4 Å². The van der Waals surface area contributed by atoms with Crippen LogP contribution in [0.5, 0.6) is 0 Å². The average Bonchev–Trinajstić information content (AvgIpc) is 2.87. The minimum atomic E-state index is -3.62. The highest BCUT2D eigenvalue weighted by Gasteiger charge is 2.34. The number of piperidine rings is 1. The Hall–Kier alpha value is -3.24. The van der Waals surface area contributed by atoms with E-state index in [2.05, 4.69) is 10.6 Å². The Morgan fingerprint density at radius 2 is 1.70 bits per heavy atom. The van der Waals surface area contributed by atoms with Crippen LogP contribution in [0, 0.1) is 18.8 Å². The molecule has 2 aromatic carbocycles. The van der Waals surface area contributed by atoms with Crippen molar-refractivity contribution in [3.8, 4) is 0 Å². The lowest BCUT2D eigenvalue weighted by atomic mass is 9.95. The number of sulfonamides is 1. The molecule has 9 nitrogen and oxygen atoms in total. The highest BCUT2D eigenvalue weighted by atomic mass is 32.2. The van der Waals surface area contributed by atoms with Gasteiger partial charge in [0, 0.05) is 24.7 Å². The lowest BCUT2D eigenvalue weighted by Gasteiger charge is -2.32. The van der Waals surface area contributed by atoms with Crippen molar-refractivity contribution in [2.24, 2.45) is 11.8 Å². The molecule has 2 N–H and O–H groups in total. The number of ether oxygens (including phenoxy) is 1. The van der Waals surface area contributed by atoms with E-state index in [1.165, 1.54) is 10.4 Å². The highest BCUT2D eigenvalue weighted by Crippen LogP contribution is 2.25. The zero-order chi connectivity index (χ0) is 27.2. The van der Waals surface area contributed by atoms with Gasteiger partial charge in [0.15, 0.2) is 0 Å². The van der Waals surface area contributed by atoms with E-state index in [0.717, 1.165) is 5.56 Å². The van der Waals surface area contributed by atoms with Crippen LogP contribution in [0.1, 0.15) is 49.5 Å². The molecule has 1 unspecified atom stereocenters. The third kappa shape index (κ3) is 7.17. The van der Waals surface area contributed by atoms with Crippen molar-refractivity contribution in [3.05, 3.63) is 59.7 Å². The summed E-state index contributed by atoms with van der Waals surface area (Å²) in [5.74, 6) is -1.75. The minimum absolute atomic E-state index is 0.195. The number of rotatable bonds is 9. The van der Waals surface area contributed by atoms with Crippen molar-refractivity contribution in [2.45, 2.75) is 51.5 Å². The predicted molar refractivity (Wildman–Crippen MR) is 140 cm³/mol. The minimum Gasteiger partial charge on any atom is -0.462 e. The number of nitrogens with one attached hydrogen (secondary N) is 2. The van der Waals surface area contributed by atoms with Crippen molar-refractivity contribution in [2.75, 3.05) is 25.0 Å². The number of aryl methyl sites for hydroxylation is 1. The van der Waals surface area contributed by atoms with Gasteiger partial charge in [-0.15, -0.1) is 0 Å². The van der Waals surface area contributed by atoms with Gasteiger partial charge in [0.1, 0.15) is 6.04 Å². The van der Waals surface area contributed by atoms with Crippen LogP contribution >= 0.6 is 0 Å². The molecular weight excluding hydrogens is 494 g/mol. The molecule has 1 atom stereocenters. The molecule has 1 heterocycles. The van der Waals surface area contributed by atoms with Crippen LogP contribution < -0.4 is 10.6 Å². The third-order valence-electron chi connectivity index (χ3n) is 6.37. The molecule has 200 valence electrons. The normalized spacial score (nSPS) is 15.7. The Morgan fingerprint density at radius 1 is 1.05 bits per heavy atom. The number of esters is 1. The molecular formula is C27H35N3O6S. The first-order valence-electron chi connectivity index (χ1n) is 12.5. The van der Waals surface area contributed by atoms with Gasteiger partial charge in [-0.05, 0) is 62.9 Å². The molecule has 2 amide bonds. The summed E-state index contributed by atoms with van der Waals surface area (Å²) < 4.78 is 32.3. The van der Waals surface area contributed by atoms with Gasteiger partial charge in [0.05, 0.1) is 17.1 Å². The van der Waals surface area contributed by atoms with Gasteiger partial charge in [-0.2, -0.15) is 4.31 Å². The Morgan fingerprint density at radius 3 is 2.30 bits per heavy atom. The topological polar surface area (TPSA) is 122 Å². The van der Waals surface area contributed by atoms with Gasteiger partial charge in [-0.25, -0.2) is 13.2 Å². The van der Waals surface area contributed by atoms with E-state index in [9.17, 15) is 22.8 Å². The van der Waals surface area contributed by atoms with E-state index in [1.807, 2.05) is 20.8 Å². The Kier molecular flexibility index (Phi) is 9.45. The SMILES string of the molecule is CCOC(=O)c1cccc(NC(=O)C(NC(=O)C2CCN(S(=O)(=O)c3ccc(C)cc3)CC2)C(C)C)c1. The standard InChI is InChI=1S/C27H35N3O6S/c1-5-36-27(33)21-7-6-8-22(17-21)28-26(32)24(18(2)3)29-25(31)20-13-15-30(16-14-20)37(34,35)23-11-9-19(4)10-12-23/h6-12,17-18,20,24H,5,13-16H2,1-4H3,(H,28,32)(H,29,31). The van der Waals surface area contributed by atoms with Crippen LogP contribution in [0.15, 0.2) is 53.4 Å². The van der Waals surface area contributed by atoms with Gasteiger partial charge in [-0.3, -0.25) is 9.59 Å². The quantitative estimate of drug-likeness (QED) is 0.481. The van der Waals surface area contributed by atoms with E-state index in [-0.39, 0.29) is 36.4 Å². The Bertz CT molecular complexity index is 1220. The van der Waals surface area contributed by atoms with Crippen LogP contribution in [0.25, 0.3) is 0 Å². The van der Waals surface area contributed by atoms with Crippen LogP contribution in [-0.4, -0.2) is 56.2 Å². The fourth-order valence-electron chi connectivity index (χ4n) is 4.18. The second kappa shape index (κ2) is 12.3. The van der Waals surface area contributed by atoms with Crippen molar-refractivity contribution in [3.63, 3.8) is 0 Å². The third-order valence-corrected chi connectivity index (χ3v) is 8.28. The molecule has 1 aliphatic heterocycles. The van der Waals surface area contributed by atoms with Gasteiger partial charge in [0.25, 0.3) is 0 Å². The molecule has 0 radical (unpaired) electrons. The number of anilines is 1. The second-order valence-electron chi connectivity index (χ2n) is 9.51. The molecule has 0 saturated carbocycles. The molecule has 1 aliphatic rings. The van der Waals surface area contributed by atoms with Crippen LogP contribution in [0.3, 0.4) is 0 Å². The highest BCUT2D eigenvalue weighted by molar-refractivity contribution is 7.89.